The van der Waals surface area contributed by atoms with Crippen LogP contribution in [-0.4, -0.2) is 16.5 Å². The second-order valence-electron chi connectivity index (χ2n) is 5.02. The molecule has 1 aromatic heterocycles. The first-order valence-corrected chi connectivity index (χ1v) is 8.18. The van der Waals surface area contributed by atoms with Crippen molar-refractivity contribution in [3.63, 3.8) is 0 Å². The molecular weight excluding hydrogens is 355 g/mol. The Morgan fingerprint density at radius 3 is 2.20 bits per heavy atom. The largest absolute Gasteiger partial charge is 0.453 e. The van der Waals surface area contributed by atoms with E-state index >= 15 is 0 Å². The highest BCUT2D eigenvalue weighted by molar-refractivity contribution is 7.80. The molecule has 0 radical (unpaired) electrons. The minimum Gasteiger partial charge on any atom is -0.350 e. The number of benzene rings is 2. The molecule has 0 fully saturated rings. The standard InChI is InChI=1S/C17H12F3NO3S/c1-23-25(22)13-9-7-11(8-10-13)14-15(12-5-3-2-4-6-12)21-24-16(14)17(18,19)20/h2-10H,1H3. The number of halogens is 3. The van der Waals surface area contributed by atoms with Gasteiger partial charge in [-0.3, -0.25) is 4.18 Å². The molecule has 0 aliphatic carbocycles. The zero-order chi connectivity index (χ0) is 18.0. The molecule has 1 unspecified atom stereocenters. The van der Waals surface area contributed by atoms with E-state index in [-0.39, 0.29) is 16.8 Å². The van der Waals surface area contributed by atoms with Gasteiger partial charge in [0.15, 0.2) is 11.1 Å². The van der Waals surface area contributed by atoms with Crippen molar-refractivity contribution < 1.29 is 26.1 Å². The van der Waals surface area contributed by atoms with Gasteiger partial charge in [0, 0.05) is 5.56 Å². The lowest BCUT2D eigenvalue weighted by atomic mass is 9.99. The van der Waals surface area contributed by atoms with Gasteiger partial charge in [-0.1, -0.05) is 47.6 Å². The highest BCUT2D eigenvalue weighted by Crippen LogP contribution is 2.42. The average molecular weight is 367 g/mol. The molecule has 2 aromatic carbocycles. The summed E-state index contributed by atoms with van der Waals surface area (Å²) in [7, 11) is 1.28. The molecule has 8 heteroatoms. The molecule has 4 nitrogen and oxygen atoms in total. The summed E-state index contributed by atoms with van der Waals surface area (Å²) in [5, 5.41) is 3.62. The number of aromatic nitrogens is 1. The zero-order valence-corrected chi connectivity index (χ0v) is 13.7. The van der Waals surface area contributed by atoms with Crippen LogP contribution < -0.4 is 0 Å². The summed E-state index contributed by atoms with van der Waals surface area (Å²) in [6, 6.07) is 14.2. The first-order valence-electron chi connectivity index (χ1n) is 7.11. The number of alkyl halides is 3. The van der Waals surface area contributed by atoms with Crippen LogP contribution in [0, 0.1) is 0 Å². The Morgan fingerprint density at radius 1 is 1.00 bits per heavy atom. The van der Waals surface area contributed by atoms with Crippen molar-refractivity contribution in [2.24, 2.45) is 0 Å². The Hall–Kier alpha value is -2.45. The molecule has 1 atom stereocenters. The summed E-state index contributed by atoms with van der Waals surface area (Å²) < 4.78 is 60.9. The fourth-order valence-corrected chi connectivity index (χ4v) is 2.92. The highest BCUT2D eigenvalue weighted by atomic mass is 32.2. The fourth-order valence-electron chi connectivity index (χ4n) is 2.37. The number of rotatable bonds is 4. The van der Waals surface area contributed by atoms with E-state index in [1.54, 1.807) is 30.3 Å². The minimum absolute atomic E-state index is 0.0912. The first kappa shape index (κ1) is 17.4. The first-order chi connectivity index (χ1) is 11.9. The second kappa shape index (κ2) is 6.81. The number of hydrogen-bond donors (Lipinski definition) is 0. The van der Waals surface area contributed by atoms with Crippen LogP contribution in [-0.2, 0) is 21.4 Å². The lowest BCUT2D eigenvalue weighted by molar-refractivity contribution is -0.154. The van der Waals surface area contributed by atoms with Crippen LogP contribution >= 0.6 is 0 Å². The van der Waals surface area contributed by atoms with E-state index in [2.05, 4.69) is 9.68 Å². The van der Waals surface area contributed by atoms with Crippen molar-refractivity contribution in [2.45, 2.75) is 11.1 Å². The monoisotopic (exact) mass is 367 g/mol. The van der Waals surface area contributed by atoms with Gasteiger partial charge >= 0.3 is 6.18 Å². The van der Waals surface area contributed by atoms with Crippen LogP contribution in [0.15, 0.2) is 64.0 Å². The van der Waals surface area contributed by atoms with Crippen LogP contribution in [0.3, 0.4) is 0 Å². The van der Waals surface area contributed by atoms with Crippen molar-refractivity contribution in [1.82, 2.24) is 5.16 Å². The van der Waals surface area contributed by atoms with Gasteiger partial charge in [-0.05, 0) is 17.7 Å². The Labute approximate surface area is 143 Å². The lowest BCUT2D eigenvalue weighted by Crippen LogP contribution is -2.05. The van der Waals surface area contributed by atoms with Crippen LogP contribution in [0.1, 0.15) is 5.76 Å². The van der Waals surface area contributed by atoms with Crippen LogP contribution in [0.4, 0.5) is 13.2 Å². The van der Waals surface area contributed by atoms with Gasteiger partial charge in [-0.25, -0.2) is 4.21 Å². The number of hydrogen-bond acceptors (Lipinski definition) is 4. The smallest absolute Gasteiger partial charge is 0.350 e. The summed E-state index contributed by atoms with van der Waals surface area (Å²) in [5.74, 6) is -1.17. The minimum atomic E-state index is -4.69. The van der Waals surface area contributed by atoms with Gasteiger partial charge < -0.3 is 4.52 Å². The van der Waals surface area contributed by atoms with Gasteiger partial charge in [0.2, 0.25) is 5.76 Å². The lowest BCUT2D eigenvalue weighted by Gasteiger charge is -2.08. The van der Waals surface area contributed by atoms with Crippen molar-refractivity contribution in [2.75, 3.05) is 7.11 Å². The maximum atomic E-state index is 13.3. The van der Waals surface area contributed by atoms with Crippen LogP contribution in [0.2, 0.25) is 0 Å². The molecule has 0 saturated heterocycles. The van der Waals surface area contributed by atoms with Gasteiger partial charge in [0.05, 0.1) is 17.6 Å². The summed E-state index contributed by atoms with van der Waals surface area (Å²) in [5.41, 5.74) is 0.688. The Bertz CT molecular complexity index is 890. The average Bonchev–Trinajstić information content (AvgIpc) is 3.07. The van der Waals surface area contributed by atoms with E-state index in [1.165, 1.54) is 31.4 Å². The summed E-state index contributed by atoms with van der Waals surface area (Å²) >= 11 is -1.67. The second-order valence-corrected chi connectivity index (χ2v) is 6.30. The van der Waals surface area contributed by atoms with Crippen LogP contribution in [0.5, 0.6) is 0 Å². The molecule has 0 amide bonds. The molecule has 0 bridgehead atoms. The molecule has 0 aliphatic rings. The zero-order valence-electron chi connectivity index (χ0n) is 12.9. The molecule has 0 spiro atoms. The highest BCUT2D eigenvalue weighted by Gasteiger charge is 2.41. The molecule has 0 N–H and O–H groups in total. The van der Waals surface area contributed by atoms with Gasteiger partial charge in [-0.2, -0.15) is 13.2 Å². The van der Waals surface area contributed by atoms with Crippen molar-refractivity contribution >= 4 is 11.1 Å². The number of nitrogens with zero attached hydrogens (tertiary/aromatic N) is 1. The van der Waals surface area contributed by atoms with Crippen LogP contribution in [0.25, 0.3) is 22.4 Å². The van der Waals surface area contributed by atoms with E-state index in [4.69, 9.17) is 4.18 Å². The normalized spacial score (nSPS) is 13.0. The predicted molar refractivity (Wildman–Crippen MR) is 85.8 cm³/mol. The van der Waals surface area contributed by atoms with E-state index in [1.807, 2.05) is 0 Å². The predicted octanol–water partition coefficient (Wildman–Crippen LogP) is 4.70. The van der Waals surface area contributed by atoms with Crippen molar-refractivity contribution in [1.29, 1.82) is 0 Å². The van der Waals surface area contributed by atoms with Crippen molar-refractivity contribution in [3.8, 4) is 22.4 Å². The maximum absolute atomic E-state index is 13.3. The van der Waals surface area contributed by atoms with E-state index < -0.39 is 23.0 Å². The molecule has 3 aromatic rings. The molecule has 3 rings (SSSR count). The topological polar surface area (TPSA) is 52.3 Å². The Kier molecular flexibility index (Phi) is 4.73. The maximum Gasteiger partial charge on any atom is 0.453 e. The molecule has 25 heavy (non-hydrogen) atoms. The van der Waals surface area contributed by atoms with E-state index in [9.17, 15) is 17.4 Å². The molecule has 130 valence electrons. The Morgan fingerprint density at radius 2 is 1.64 bits per heavy atom. The SMILES string of the molecule is COS(=O)c1ccc(-c2c(-c3ccccc3)noc2C(F)(F)F)cc1. The van der Waals surface area contributed by atoms with Gasteiger partial charge in [-0.15, -0.1) is 0 Å². The molecule has 0 saturated carbocycles. The van der Waals surface area contributed by atoms with E-state index in [0.29, 0.717) is 10.5 Å². The van der Waals surface area contributed by atoms with Gasteiger partial charge in [0.25, 0.3) is 0 Å². The third-order valence-corrected chi connectivity index (χ3v) is 4.44. The quantitative estimate of drug-likeness (QED) is 0.671. The third kappa shape index (κ3) is 3.49. The third-order valence-electron chi connectivity index (χ3n) is 3.48. The molecular formula is C17H12F3NO3S. The summed E-state index contributed by atoms with van der Waals surface area (Å²) in [6.07, 6.45) is -4.69. The summed E-state index contributed by atoms with van der Waals surface area (Å²) in [4.78, 5) is 0.345. The Balaban J connectivity index is 2.16. The van der Waals surface area contributed by atoms with Crippen molar-refractivity contribution in [3.05, 3.63) is 60.4 Å². The van der Waals surface area contributed by atoms with E-state index in [0.717, 1.165) is 0 Å². The summed E-state index contributed by atoms with van der Waals surface area (Å²) in [6.45, 7) is 0. The molecule has 0 aliphatic heterocycles. The molecule has 1 heterocycles. The fraction of sp³-hybridized carbons (Fsp3) is 0.118. The van der Waals surface area contributed by atoms with Gasteiger partial charge in [0.1, 0.15) is 5.69 Å².